The minimum Gasteiger partial charge on any atom is -0.324 e. The Morgan fingerprint density at radius 3 is 2.62 bits per heavy atom. The molecule has 0 aliphatic carbocycles. The number of halogens is 1. The molecule has 6 heteroatoms. The third-order valence-electron chi connectivity index (χ3n) is 3.95. The van der Waals surface area contributed by atoms with Crippen LogP contribution in [0.4, 0.5) is 17.3 Å². The van der Waals surface area contributed by atoms with Crippen LogP contribution in [0.25, 0.3) is 0 Å². The SMILES string of the molecule is CCc1ccc(Nc2nccc(C(=O)Nc3cc(Cl)ccc3C)n2)cc1. The van der Waals surface area contributed by atoms with E-state index in [1.165, 1.54) is 5.56 Å². The highest BCUT2D eigenvalue weighted by Crippen LogP contribution is 2.21. The maximum absolute atomic E-state index is 12.5. The van der Waals surface area contributed by atoms with Gasteiger partial charge in [-0.15, -0.1) is 0 Å². The van der Waals surface area contributed by atoms with Crippen LogP contribution in [-0.4, -0.2) is 15.9 Å². The van der Waals surface area contributed by atoms with Crippen molar-refractivity contribution in [2.75, 3.05) is 10.6 Å². The first-order chi connectivity index (χ1) is 12.5. The molecule has 1 aromatic heterocycles. The van der Waals surface area contributed by atoms with Crippen molar-refractivity contribution in [1.29, 1.82) is 0 Å². The van der Waals surface area contributed by atoms with Gasteiger partial charge in [-0.2, -0.15) is 0 Å². The number of anilines is 3. The molecule has 3 rings (SSSR count). The number of nitrogens with one attached hydrogen (secondary N) is 2. The summed E-state index contributed by atoms with van der Waals surface area (Å²) >= 11 is 6.00. The predicted octanol–water partition coefficient (Wildman–Crippen LogP) is 5.00. The van der Waals surface area contributed by atoms with E-state index in [1.54, 1.807) is 24.4 Å². The second-order valence-electron chi connectivity index (χ2n) is 5.85. The van der Waals surface area contributed by atoms with Crippen molar-refractivity contribution in [1.82, 2.24) is 9.97 Å². The number of hydrogen-bond donors (Lipinski definition) is 2. The van der Waals surface area contributed by atoms with Crippen LogP contribution in [0, 0.1) is 6.92 Å². The van der Waals surface area contributed by atoms with Gasteiger partial charge in [0.25, 0.3) is 5.91 Å². The normalized spacial score (nSPS) is 10.4. The molecule has 5 nitrogen and oxygen atoms in total. The summed E-state index contributed by atoms with van der Waals surface area (Å²) in [6.07, 6.45) is 2.53. The van der Waals surface area contributed by atoms with Crippen LogP contribution >= 0.6 is 11.6 Å². The van der Waals surface area contributed by atoms with Gasteiger partial charge >= 0.3 is 0 Å². The van der Waals surface area contributed by atoms with E-state index in [0.29, 0.717) is 16.7 Å². The third-order valence-corrected chi connectivity index (χ3v) is 4.19. The van der Waals surface area contributed by atoms with E-state index >= 15 is 0 Å². The number of carbonyl (C=O) groups is 1. The van der Waals surface area contributed by atoms with E-state index in [1.807, 2.05) is 37.3 Å². The van der Waals surface area contributed by atoms with Crippen LogP contribution in [-0.2, 0) is 6.42 Å². The standard InChI is InChI=1S/C20H19ClN4O/c1-3-14-5-8-16(9-6-14)23-20-22-11-10-17(25-20)19(26)24-18-12-15(21)7-4-13(18)2/h4-12H,3H2,1-2H3,(H,24,26)(H,22,23,25). The molecule has 132 valence electrons. The topological polar surface area (TPSA) is 66.9 Å². The molecular weight excluding hydrogens is 348 g/mol. The van der Waals surface area contributed by atoms with Crippen molar-refractivity contribution >= 4 is 34.8 Å². The van der Waals surface area contributed by atoms with Gasteiger partial charge in [0.2, 0.25) is 5.95 Å². The lowest BCUT2D eigenvalue weighted by atomic mass is 10.1. The molecule has 0 fully saturated rings. The first-order valence-corrected chi connectivity index (χ1v) is 8.69. The lowest BCUT2D eigenvalue weighted by molar-refractivity contribution is 0.102. The highest BCUT2D eigenvalue weighted by Gasteiger charge is 2.11. The zero-order valence-electron chi connectivity index (χ0n) is 14.6. The number of aryl methyl sites for hydroxylation is 2. The largest absolute Gasteiger partial charge is 0.324 e. The monoisotopic (exact) mass is 366 g/mol. The number of rotatable bonds is 5. The first kappa shape index (κ1) is 17.9. The van der Waals surface area contributed by atoms with Crippen molar-refractivity contribution < 1.29 is 4.79 Å². The Balaban J connectivity index is 1.75. The summed E-state index contributed by atoms with van der Waals surface area (Å²) in [6, 6.07) is 14.9. The third kappa shape index (κ3) is 4.37. The first-order valence-electron chi connectivity index (χ1n) is 8.31. The molecule has 2 N–H and O–H groups in total. The maximum Gasteiger partial charge on any atom is 0.274 e. The molecule has 1 amide bonds. The van der Waals surface area contributed by atoms with Crippen LogP contribution in [0.2, 0.25) is 5.02 Å². The molecule has 0 saturated heterocycles. The second kappa shape index (κ2) is 7.97. The molecule has 0 aliphatic heterocycles. The molecule has 0 radical (unpaired) electrons. The van der Waals surface area contributed by atoms with Crippen molar-refractivity contribution in [2.45, 2.75) is 20.3 Å². The molecule has 26 heavy (non-hydrogen) atoms. The molecule has 0 aliphatic rings. The number of aromatic nitrogens is 2. The zero-order valence-corrected chi connectivity index (χ0v) is 15.3. The van der Waals surface area contributed by atoms with Crippen molar-refractivity contribution in [3.05, 3.63) is 76.6 Å². The fourth-order valence-electron chi connectivity index (χ4n) is 2.41. The van der Waals surface area contributed by atoms with E-state index in [2.05, 4.69) is 27.5 Å². The van der Waals surface area contributed by atoms with Crippen LogP contribution in [0.5, 0.6) is 0 Å². The maximum atomic E-state index is 12.5. The van der Waals surface area contributed by atoms with E-state index in [4.69, 9.17) is 11.6 Å². The summed E-state index contributed by atoms with van der Waals surface area (Å²) < 4.78 is 0. The smallest absolute Gasteiger partial charge is 0.274 e. The highest BCUT2D eigenvalue weighted by molar-refractivity contribution is 6.31. The highest BCUT2D eigenvalue weighted by atomic mass is 35.5. The lowest BCUT2D eigenvalue weighted by Gasteiger charge is -2.10. The van der Waals surface area contributed by atoms with Crippen LogP contribution in [0.15, 0.2) is 54.7 Å². The van der Waals surface area contributed by atoms with E-state index in [-0.39, 0.29) is 11.6 Å². The Morgan fingerprint density at radius 2 is 1.88 bits per heavy atom. The summed E-state index contributed by atoms with van der Waals surface area (Å²) in [4.78, 5) is 21.0. The summed E-state index contributed by atoms with van der Waals surface area (Å²) in [5.74, 6) is 0.0480. The van der Waals surface area contributed by atoms with Gasteiger partial charge in [-0.25, -0.2) is 9.97 Å². The van der Waals surface area contributed by atoms with E-state index < -0.39 is 0 Å². The quantitative estimate of drug-likeness (QED) is 0.667. The fraction of sp³-hybridized carbons (Fsp3) is 0.150. The number of carbonyl (C=O) groups excluding carboxylic acids is 1. The predicted molar refractivity (Wildman–Crippen MR) is 105 cm³/mol. The average Bonchev–Trinajstić information content (AvgIpc) is 2.65. The summed E-state index contributed by atoms with van der Waals surface area (Å²) in [7, 11) is 0. The average molecular weight is 367 g/mol. The van der Waals surface area contributed by atoms with Gasteiger partial charge in [0.05, 0.1) is 0 Å². The van der Waals surface area contributed by atoms with Crippen molar-refractivity contribution in [2.24, 2.45) is 0 Å². The van der Waals surface area contributed by atoms with Crippen molar-refractivity contribution in [3.63, 3.8) is 0 Å². The number of amides is 1. The molecule has 0 spiro atoms. The number of benzene rings is 2. The van der Waals surface area contributed by atoms with Gasteiger partial charge in [-0.05, 0) is 54.8 Å². The number of hydrogen-bond acceptors (Lipinski definition) is 4. The van der Waals surface area contributed by atoms with Crippen LogP contribution in [0.3, 0.4) is 0 Å². The van der Waals surface area contributed by atoms with Crippen LogP contribution < -0.4 is 10.6 Å². The Morgan fingerprint density at radius 1 is 1.12 bits per heavy atom. The van der Waals surface area contributed by atoms with Gasteiger partial charge in [-0.1, -0.05) is 36.7 Å². The van der Waals surface area contributed by atoms with E-state index in [0.717, 1.165) is 17.7 Å². The Bertz CT molecular complexity index is 925. The zero-order chi connectivity index (χ0) is 18.5. The summed E-state index contributed by atoms with van der Waals surface area (Å²) in [6.45, 7) is 4.01. The Kier molecular flexibility index (Phi) is 5.49. The Labute approximate surface area is 157 Å². The fourth-order valence-corrected chi connectivity index (χ4v) is 2.59. The molecule has 2 aromatic carbocycles. The van der Waals surface area contributed by atoms with Gasteiger partial charge in [0.15, 0.2) is 0 Å². The summed E-state index contributed by atoms with van der Waals surface area (Å²) in [5, 5.41) is 6.51. The second-order valence-corrected chi connectivity index (χ2v) is 6.29. The molecule has 0 bridgehead atoms. The molecule has 0 atom stereocenters. The van der Waals surface area contributed by atoms with Crippen molar-refractivity contribution in [3.8, 4) is 0 Å². The van der Waals surface area contributed by atoms with Crippen LogP contribution in [0.1, 0.15) is 28.5 Å². The molecular formula is C20H19ClN4O. The van der Waals surface area contributed by atoms with Gasteiger partial charge < -0.3 is 10.6 Å². The number of nitrogens with zero attached hydrogens (tertiary/aromatic N) is 2. The van der Waals surface area contributed by atoms with Gasteiger partial charge in [0, 0.05) is 22.6 Å². The molecule has 0 unspecified atom stereocenters. The molecule has 0 saturated carbocycles. The van der Waals surface area contributed by atoms with Gasteiger partial charge in [0.1, 0.15) is 5.69 Å². The minimum absolute atomic E-state index is 0.270. The van der Waals surface area contributed by atoms with E-state index in [9.17, 15) is 4.79 Å². The minimum atomic E-state index is -0.317. The Hall–Kier alpha value is -2.92. The lowest BCUT2D eigenvalue weighted by Crippen LogP contribution is -2.15. The summed E-state index contributed by atoms with van der Waals surface area (Å²) in [5.41, 5.74) is 3.97. The molecule has 1 heterocycles. The van der Waals surface area contributed by atoms with Gasteiger partial charge in [-0.3, -0.25) is 4.79 Å². The molecule has 3 aromatic rings.